The van der Waals surface area contributed by atoms with Crippen LogP contribution in [0.15, 0.2) is 54.6 Å². The predicted molar refractivity (Wildman–Crippen MR) is 164 cm³/mol. The van der Waals surface area contributed by atoms with Crippen molar-refractivity contribution in [2.45, 2.75) is 38.8 Å². The van der Waals surface area contributed by atoms with E-state index in [4.69, 9.17) is 4.74 Å². The van der Waals surface area contributed by atoms with Crippen molar-refractivity contribution in [2.24, 2.45) is 5.92 Å². The first-order valence-electron chi connectivity index (χ1n) is 13.2. The Morgan fingerprint density at radius 1 is 0.872 bits per heavy atom. The molecule has 0 unspecified atom stereocenters. The highest BCUT2D eigenvalue weighted by Gasteiger charge is 2.31. The van der Waals surface area contributed by atoms with Gasteiger partial charge >= 0.3 is 0 Å². The molecule has 2 heterocycles. The molecule has 2 amide bonds. The number of piperidine rings is 1. The molecule has 0 aliphatic carbocycles. The van der Waals surface area contributed by atoms with Gasteiger partial charge in [0.05, 0.1) is 7.11 Å². The number of hydrogen-bond acceptors (Lipinski definition) is 5. The second-order valence-electron chi connectivity index (χ2n) is 10.2. The fraction of sp³-hybridized carbons (Fsp3) is 0.517. The maximum absolute atomic E-state index is 13.6. The minimum absolute atomic E-state index is 0. The van der Waals surface area contributed by atoms with Crippen LogP contribution >= 0.6 is 37.2 Å². The van der Waals surface area contributed by atoms with Gasteiger partial charge in [0.1, 0.15) is 11.8 Å². The van der Waals surface area contributed by atoms with Gasteiger partial charge in [-0.05, 0) is 75.5 Å². The molecule has 218 valence electrons. The van der Waals surface area contributed by atoms with E-state index in [0.717, 1.165) is 31.1 Å². The monoisotopic (exact) mass is 600 g/mol. The number of ether oxygens (including phenoxy) is 1. The summed E-state index contributed by atoms with van der Waals surface area (Å²) in [6, 6.07) is 16.4. The van der Waals surface area contributed by atoms with E-state index >= 15 is 0 Å². The van der Waals surface area contributed by atoms with Crippen LogP contribution in [0.25, 0.3) is 0 Å². The standard InChI is InChI=1S/C29H40N4O3.3ClH/c1-22(2)32-15-13-23(14-16-32)21-31-17-19-33(20-18-31)29(35)27(24-7-5-4-6-8-24)30-28(34)25-9-11-26(36-3)12-10-25;;;/h4-12,22-23,27H,13-21H2,1-3H3,(H,30,34);3*1H/t27-;;;/m1.../s1. The summed E-state index contributed by atoms with van der Waals surface area (Å²) in [5, 5.41) is 2.99. The van der Waals surface area contributed by atoms with Crippen LogP contribution in [0.5, 0.6) is 5.75 Å². The second kappa shape index (κ2) is 16.9. The molecule has 39 heavy (non-hydrogen) atoms. The number of carbonyl (C=O) groups excluding carboxylic acids is 2. The zero-order valence-electron chi connectivity index (χ0n) is 23.1. The first kappa shape index (κ1) is 35.0. The highest BCUT2D eigenvalue weighted by atomic mass is 35.5. The minimum Gasteiger partial charge on any atom is -0.497 e. The van der Waals surface area contributed by atoms with Gasteiger partial charge in [0.2, 0.25) is 5.91 Å². The Morgan fingerprint density at radius 3 is 2.00 bits per heavy atom. The molecular weight excluding hydrogens is 559 g/mol. The average molecular weight is 602 g/mol. The van der Waals surface area contributed by atoms with E-state index < -0.39 is 6.04 Å². The van der Waals surface area contributed by atoms with Gasteiger partial charge in [-0.2, -0.15) is 0 Å². The highest BCUT2D eigenvalue weighted by molar-refractivity contribution is 5.98. The Balaban J connectivity index is 0.00000253. The fourth-order valence-electron chi connectivity index (χ4n) is 5.24. The number of benzene rings is 2. The number of piperazine rings is 1. The summed E-state index contributed by atoms with van der Waals surface area (Å²) in [5.74, 6) is 1.10. The summed E-state index contributed by atoms with van der Waals surface area (Å²) in [4.78, 5) is 33.6. The third-order valence-corrected chi connectivity index (χ3v) is 7.59. The van der Waals surface area contributed by atoms with E-state index in [1.165, 1.54) is 25.9 Å². The molecule has 0 aromatic heterocycles. The Labute approximate surface area is 251 Å². The highest BCUT2D eigenvalue weighted by Crippen LogP contribution is 2.22. The summed E-state index contributed by atoms with van der Waals surface area (Å²) in [5.41, 5.74) is 1.29. The summed E-state index contributed by atoms with van der Waals surface area (Å²) >= 11 is 0. The van der Waals surface area contributed by atoms with E-state index in [1.807, 2.05) is 35.2 Å². The Bertz CT molecular complexity index is 995. The molecule has 10 heteroatoms. The van der Waals surface area contributed by atoms with Crippen molar-refractivity contribution in [2.75, 3.05) is 52.9 Å². The van der Waals surface area contributed by atoms with Crippen LogP contribution < -0.4 is 10.1 Å². The fourth-order valence-corrected chi connectivity index (χ4v) is 5.24. The van der Waals surface area contributed by atoms with Crippen LogP contribution in [0.1, 0.15) is 48.7 Å². The Hall–Kier alpha value is -2.03. The van der Waals surface area contributed by atoms with E-state index in [2.05, 4.69) is 29.0 Å². The van der Waals surface area contributed by atoms with Gasteiger partial charge in [-0.25, -0.2) is 0 Å². The molecular formula is C29H43Cl3N4O3. The topological polar surface area (TPSA) is 65.1 Å². The third-order valence-electron chi connectivity index (χ3n) is 7.59. The number of nitrogens with one attached hydrogen (secondary N) is 1. The lowest BCUT2D eigenvalue weighted by Crippen LogP contribution is -2.53. The summed E-state index contributed by atoms with van der Waals surface area (Å²) in [6.07, 6.45) is 2.51. The molecule has 2 aliphatic heterocycles. The smallest absolute Gasteiger partial charge is 0.252 e. The normalized spacial score (nSPS) is 17.3. The molecule has 0 radical (unpaired) electrons. The molecule has 0 saturated carbocycles. The molecule has 0 spiro atoms. The number of likely N-dealkylation sites (tertiary alicyclic amines) is 1. The van der Waals surface area contributed by atoms with Gasteiger partial charge in [0.15, 0.2) is 0 Å². The number of carbonyl (C=O) groups is 2. The van der Waals surface area contributed by atoms with Crippen LogP contribution in [0.3, 0.4) is 0 Å². The number of amides is 2. The molecule has 2 saturated heterocycles. The van der Waals surface area contributed by atoms with Crippen LogP contribution in [0.4, 0.5) is 0 Å². The van der Waals surface area contributed by atoms with Crippen LogP contribution in [-0.2, 0) is 4.79 Å². The molecule has 2 aromatic carbocycles. The van der Waals surface area contributed by atoms with Crippen molar-refractivity contribution in [3.05, 3.63) is 65.7 Å². The first-order valence-corrected chi connectivity index (χ1v) is 13.2. The maximum atomic E-state index is 13.6. The van der Waals surface area contributed by atoms with Crippen molar-refractivity contribution in [1.82, 2.24) is 20.0 Å². The number of methoxy groups -OCH3 is 1. The molecule has 1 N–H and O–H groups in total. The molecule has 4 rings (SSSR count). The second-order valence-corrected chi connectivity index (χ2v) is 10.2. The SMILES string of the molecule is COc1ccc(C(=O)N[C@@H](C(=O)N2CCN(CC3CCN(C(C)C)CC3)CC2)c2ccccc2)cc1.Cl.Cl.Cl. The molecule has 2 fully saturated rings. The maximum Gasteiger partial charge on any atom is 0.252 e. The Kier molecular flexibility index (Phi) is 15.2. The lowest BCUT2D eigenvalue weighted by Gasteiger charge is -2.40. The average Bonchev–Trinajstić information content (AvgIpc) is 2.92. The van der Waals surface area contributed by atoms with Gasteiger partial charge < -0.3 is 19.9 Å². The van der Waals surface area contributed by atoms with E-state index in [1.54, 1.807) is 31.4 Å². The van der Waals surface area contributed by atoms with Gasteiger partial charge in [-0.3, -0.25) is 14.5 Å². The van der Waals surface area contributed by atoms with Gasteiger partial charge in [-0.15, -0.1) is 37.2 Å². The zero-order valence-corrected chi connectivity index (χ0v) is 25.5. The summed E-state index contributed by atoms with van der Waals surface area (Å²) < 4.78 is 5.19. The molecule has 1 atom stereocenters. The zero-order chi connectivity index (χ0) is 25.5. The predicted octanol–water partition coefficient (Wildman–Crippen LogP) is 4.70. The first-order chi connectivity index (χ1) is 17.4. The van der Waals surface area contributed by atoms with Crippen LogP contribution in [-0.4, -0.2) is 85.5 Å². The molecule has 2 aromatic rings. The lowest BCUT2D eigenvalue weighted by molar-refractivity contribution is -0.135. The van der Waals surface area contributed by atoms with Gasteiger partial charge in [0, 0.05) is 44.3 Å². The Morgan fingerprint density at radius 2 is 1.46 bits per heavy atom. The number of nitrogens with zero attached hydrogens (tertiary/aromatic N) is 3. The van der Waals surface area contributed by atoms with E-state index in [0.29, 0.717) is 30.4 Å². The van der Waals surface area contributed by atoms with Crippen molar-refractivity contribution >= 4 is 49.0 Å². The number of hydrogen-bond donors (Lipinski definition) is 1. The van der Waals surface area contributed by atoms with E-state index in [-0.39, 0.29) is 49.0 Å². The number of halogens is 3. The number of rotatable bonds is 8. The molecule has 7 nitrogen and oxygen atoms in total. The van der Waals surface area contributed by atoms with Crippen LogP contribution in [0.2, 0.25) is 0 Å². The van der Waals surface area contributed by atoms with Gasteiger partial charge in [0.25, 0.3) is 5.91 Å². The van der Waals surface area contributed by atoms with Crippen molar-refractivity contribution in [1.29, 1.82) is 0 Å². The largest absolute Gasteiger partial charge is 0.497 e. The quantitative estimate of drug-likeness (QED) is 0.476. The summed E-state index contributed by atoms with van der Waals surface area (Å²) in [6.45, 7) is 11.2. The van der Waals surface area contributed by atoms with Crippen LogP contribution in [0, 0.1) is 5.92 Å². The summed E-state index contributed by atoms with van der Waals surface area (Å²) in [7, 11) is 1.59. The lowest BCUT2D eigenvalue weighted by atomic mass is 9.95. The minimum atomic E-state index is -0.715. The molecule has 0 bridgehead atoms. The van der Waals surface area contributed by atoms with Gasteiger partial charge in [-0.1, -0.05) is 30.3 Å². The van der Waals surface area contributed by atoms with E-state index in [9.17, 15) is 9.59 Å². The third kappa shape index (κ3) is 9.54. The van der Waals surface area contributed by atoms with Crippen molar-refractivity contribution < 1.29 is 14.3 Å². The van der Waals surface area contributed by atoms with Crippen molar-refractivity contribution in [3.8, 4) is 5.75 Å². The molecule has 2 aliphatic rings. The van der Waals surface area contributed by atoms with Crippen molar-refractivity contribution in [3.63, 3.8) is 0 Å².